The second kappa shape index (κ2) is 10.4. The van der Waals surface area contributed by atoms with Crippen molar-refractivity contribution in [1.29, 1.82) is 0 Å². The van der Waals surface area contributed by atoms with Gasteiger partial charge in [0.05, 0.1) is 36.7 Å². The number of quaternary nitrogens is 1. The highest BCUT2D eigenvalue weighted by atomic mass is 19.1. The van der Waals surface area contributed by atoms with Crippen molar-refractivity contribution >= 4 is 29.9 Å². The number of carbonyl (C=O) groups excluding carboxylic acids is 2. The Morgan fingerprint density at radius 2 is 1.95 bits per heavy atom. The molecule has 43 heavy (non-hydrogen) atoms. The fraction of sp³-hybridized carbons (Fsp3) is 0.536. The normalized spacial score (nSPS) is 28.9. The van der Waals surface area contributed by atoms with Gasteiger partial charge >= 0.3 is 18.0 Å². The molecule has 0 aromatic carbocycles. The SMILES string of the molecule is CC(O)[C@H]1C[N+]2([O-])C(C(=O)O)=C(COC(=O)N3CCNCC3c3c(C(=O)O)c(=O)c4c(n3C3CC3)CC(=O)C(F)=C4)C[C@H]12. The summed E-state index contributed by atoms with van der Waals surface area (Å²) in [5, 5.41) is 46.3. The van der Waals surface area contributed by atoms with E-state index in [9.17, 15) is 48.9 Å². The molecule has 3 fully saturated rings. The largest absolute Gasteiger partial charge is 0.627 e. The van der Waals surface area contributed by atoms with Crippen molar-refractivity contribution in [3.63, 3.8) is 0 Å². The number of aromatic nitrogens is 1. The van der Waals surface area contributed by atoms with Crippen molar-refractivity contribution in [2.45, 2.75) is 56.8 Å². The lowest BCUT2D eigenvalue weighted by Crippen LogP contribution is -2.67. The van der Waals surface area contributed by atoms with Crippen LogP contribution in [0.2, 0.25) is 0 Å². The molecule has 0 spiro atoms. The molecule has 4 N–H and O–H groups in total. The van der Waals surface area contributed by atoms with Crippen LogP contribution in [0.4, 0.5) is 9.18 Å². The number of Topliss-reactive ketones (excluding diaryl/α,β-unsaturated/α-hetero) is 1. The van der Waals surface area contributed by atoms with Gasteiger partial charge in [0.15, 0.2) is 11.6 Å². The third-order valence-corrected chi connectivity index (χ3v) is 9.25. The molecule has 1 aromatic heterocycles. The van der Waals surface area contributed by atoms with E-state index in [1.165, 1.54) is 11.8 Å². The molecule has 2 saturated heterocycles. The number of hydrogen-bond donors (Lipinski definition) is 4. The predicted octanol–water partition coefficient (Wildman–Crippen LogP) is 0.836. The van der Waals surface area contributed by atoms with Crippen molar-refractivity contribution in [3.05, 3.63) is 55.0 Å². The van der Waals surface area contributed by atoms with Gasteiger partial charge < -0.3 is 39.8 Å². The summed E-state index contributed by atoms with van der Waals surface area (Å²) in [6, 6.07) is -1.98. The van der Waals surface area contributed by atoms with E-state index in [0.717, 1.165) is 6.08 Å². The average molecular weight is 603 g/mol. The minimum absolute atomic E-state index is 0.00529. The molecule has 1 saturated carbocycles. The van der Waals surface area contributed by atoms with E-state index in [1.807, 2.05) is 0 Å². The molecular weight excluding hydrogens is 571 g/mol. The van der Waals surface area contributed by atoms with Crippen molar-refractivity contribution in [2.24, 2.45) is 5.92 Å². The van der Waals surface area contributed by atoms with Crippen LogP contribution in [-0.2, 0) is 20.7 Å². The molecule has 1 aromatic rings. The number of nitrogens with zero attached hydrogens (tertiary/aromatic N) is 3. The summed E-state index contributed by atoms with van der Waals surface area (Å²) in [5.41, 5.74) is -1.87. The fourth-order valence-corrected chi connectivity index (χ4v) is 7.06. The Kier molecular flexibility index (Phi) is 7.03. The Labute approximate surface area is 243 Å². The van der Waals surface area contributed by atoms with Crippen LogP contribution in [-0.4, -0.2) is 98.2 Å². The van der Waals surface area contributed by atoms with Crippen LogP contribution >= 0.6 is 0 Å². The molecule has 5 aliphatic rings. The number of hydroxylamine groups is 3. The number of allylic oxidation sites excluding steroid dienone is 1. The van der Waals surface area contributed by atoms with Gasteiger partial charge in [-0.2, -0.15) is 0 Å². The molecule has 1 amide bonds. The molecule has 0 bridgehead atoms. The molecular formula is C28H31FN4O10. The minimum Gasteiger partial charge on any atom is -0.627 e. The number of rotatable bonds is 7. The van der Waals surface area contributed by atoms with E-state index in [1.54, 1.807) is 4.57 Å². The zero-order valence-corrected chi connectivity index (χ0v) is 23.2. The summed E-state index contributed by atoms with van der Waals surface area (Å²) in [5.74, 6) is -5.36. The standard InChI is InChI=1S/C28H31FN4O10/c1-12(34)16-10-33(42)20(16)6-13(24(33)27(39)40)11-43-28(41)31-5-4-30-9-19(31)23-22(26(37)38)25(36)15-7-17(29)21(35)8-18(15)32(23)14-2-3-14/h7,12,14,16,19-20,30,34H,2-6,8-11H2,1H3,(H,37,38)(H,39,40)/t12?,16-,19?,20-,33?/m1/s1. The van der Waals surface area contributed by atoms with Crippen LogP contribution in [0.25, 0.3) is 6.08 Å². The number of amides is 1. The Morgan fingerprint density at radius 1 is 1.23 bits per heavy atom. The molecule has 5 atom stereocenters. The number of carboxylic acids is 2. The van der Waals surface area contributed by atoms with Crippen LogP contribution in [0.1, 0.15) is 65.6 Å². The lowest BCUT2D eigenvalue weighted by molar-refractivity contribution is -0.915. The van der Waals surface area contributed by atoms with Crippen molar-refractivity contribution in [1.82, 2.24) is 14.8 Å². The number of aliphatic hydroxyl groups excluding tert-OH is 1. The highest BCUT2D eigenvalue weighted by Gasteiger charge is 2.60. The first-order valence-corrected chi connectivity index (χ1v) is 14.2. The first-order chi connectivity index (χ1) is 20.3. The third kappa shape index (κ3) is 4.58. The number of hydrogen-bond acceptors (Lipinski definition) is 9. The second-order valence-electron chi connectivity index (χ2n) is 11.8. The zero-order valence-electron chi connectivity index (χ0n) is 23.2. The summed E-state index contributed by atoms with van der Waals surface area (Å²) in [6.45, 7) is 1.34. The van der Waals surface area contributed by atoms with Crippen LogP contribution < -0.4 is 10.7 Å². The first kappa shape index (κ1) is 29.2. The van der Waals surface area contributed by atoms with E-state index in [2.05, 4.69) is 5.32 Å². The quantitative estimate of drug-likeness (QED) is 0.255. The Hall–Kier alpha value is -3.92. The number of halogens is 1. The molecule has 3 unspecified atom stereocenters. The van der Waals surface area contributed by atoms with Gasteiger partial charge in [-0.1, -0.05) is 0 Å². The number of carboxylic acid groups (broad SMARTS) is 2. The van der Waals surface area contributed by atoms with E-state index in [-0.39, 0.29) is 54.6 Å². The summed E-state index contributed by atoms with van der Waals surface area (Å²) in [7, 11) is 0. The minimum atomic E-state index is -1.56. The van der Waals surface area contributed by atoms with Crippen LogP contribution in [0.15, 0.2) is 21.9 Å². The molecule has 14 nitrogen and oxygen atoms in total. The average Bonchev–Trinajstić information content (AvgIpc) is 3.75. The lowest BCUT2D eigenvalue weighted by atomic mass is 9.83. The van der Waals surface area contributed by atoms with Crippen molar-refractivity contribution in [3.8, 4) is 0 Å². The number of fused-ring (bicyclic) bond motifs is 2. The number of piperazine rings is 1. The lowest BCUT2D eigenvalue weighted by Gasteiger charge is -2.57. The summed E-state index contributed by atoms with van der Waals surface area (Å²) in [4.78, 5) is 65.0. The summed E-state index contributed by atoms with van der Waals surface area (Å²) in [6.07, 6.45) is -0.0907. The molecule has 3 aliphatic heterocycles. The number of carbonyl (C=O) groups is 4. The molecule has 0 radical (unpaired) electrons. The maximum absolute atomic E-state index is 14.2. The predicted molar refractivity (Wildman–Crippen MR) is 144 cm³/mol. The van der Waals surface area contributed by atoms with Crippen molar-refractivity contribution in [2.75, 3.05) is 32.8 Å². The number of ketones is 1. The molecule has 4 heterocycles. The van der Waals surface area contributed by atoms with Crippen LogP contribution in [0.3, 0.4) is 0 Å². The molecule has 15 heteroatoms. The maximum atomic E-state index is 14.2. The number of aliphatic hydroxyl groups is 1. The number of nitrogens with one attached hydrogen (secondary N) is 1. The van der Waals surface area contributed by atoms with E-state index in [4.69, 9.17) is 4.74 Å². The second-order valence-corrected chi connectivity index (χ2v) is 11.8. The monoisotopic (exact) mass is 602 g/mol. The molecule has 6 rings (SSSR count). The Morgan fingerprint density at radius 3 is 2.58 bits per heavy atom. The van der Waals surface area contributed by atoms with Crippen LogP contribution in [0.5, 0.6) is 0 Å². The van der Waals surface area contributed by atoms with Gasteiger partial charge in [0.2, 0.25) is 11.1 Å². The number of aromatic carboxylic acids is 1. The van der Waals surface area contributed by atoms with Gasteiger partial charge in [-0.15, -0.1) is 0 Å². The number of ether oxygens (including phenoxy) is 1. The molecule has 230 valence electrons. The number of aliphatic carboxylic acids is 1. The van der Waals surface area contributed by atoms with E-state index < -0.39 is 88.1 Å². The third-order valence-electron chi connectivity index (χ3n) is 9.25. The van der Waals surface area contributed by atoms with Gasteiger partial charge in [-0.3, -0.25) is 14.5 Å². The van der Waals surface area contributed by atoms with Gasteiger partial charge in [-0.25, -0.2) is 18.8 Å². The maximum Gasteiger partial charge on any atom is 0.410 e. The van der Waals surface area contributed by atoms with Gasteiger partial charge in [0.1, 0.15) is 18.2 Å². The summed E-state index contributed by atoms with van der Waals surface area (Å²) >= 11 is 0. The van der Waals surface area contributed by atoms with Crippen molar-refractivity contribution < 1.29 is 48.3 Å². The number of pyridine rings is 1. The highest BCUT2D eigenvalue weighted by Crippen LogP contribution is 2.49. The van der Waals surface area contributed by atoms with Crippen LogP contribution in [0, 0.1) is 11.1 Å². The molecule has 2 aliphatic carbocycles. The van der Waals surface area contributed by atoms with Gasteiger partial charge in [0, 0.05) is 48.9 Å². The summed E-state index contributed by atoms with van der Waals surface area (Å²) < 4.78 is 20.2. The van der Waals surface area contributed by atoms with Gasteiger partial charge in [0.25, 0.3) is 0 Å². The smallest absolute Gasteiger partial charge is 0.410 e. The zero-order chi connectivity index (χ0) is 31.0. The van der Waals surface area contributed by atoms with E-state index >= 15 is 0 Å². The highest BCUT2D eigenvalue weighted by molar-refractivity contribution is 6.02. The Bertz CT molecular complexity index is 1580. The van der Waals surface area contributed by atoms with E-state index in [0.29, 0.717) is 19.4 Å². The Balaban J connectivity index is 1.35. The van der Waals surface area contributed by atoms with Gasteiger partial charge in [-0.05, 0) is 25.8 Å². The topological polar surface area (TPSA) is 199 Å². The first-order valence-electron chi connectivity index (χ1n) is 14.2. The fourth-order valence-electron chi connectivity index (χ4n) is 7.06.